The third-order valence-corrected chi connectivity index (χ3v) is 8.07. The van der Waals surface area contributed by atoms with Crippen LogP contribution in [0.1, 0.15) is 60.8 Å². The Hall–Kier alpha value is 0.0169. The molecule has 0 saturated carbocycles. The maximum atomic E-state index is 6.58. The molecule has 0 amide bonds. The minimum atomic E-state index is -2.85. The van der Waals surface area contributed by atoms with Gasteiger partial charge in [-0.15, -0.1) is 0 Å². The zero-order valence-corrected chi connectivity index (χ0v) is 16.9. The highest BCUT2D eigenvalue weighted by molar-refractivity contribution is 6.62. The maximum Gasteiger partial charge on any atom is 0.531 e. The van der Waals surface area contributed by atoms with Gasteiger partial charge in [0.15, 0.2) is 0 Å². The predicted molar refractivity (Wildman–Crippen MR) is 93.4 cm³/mol. The van der Waals surface area contributed by atoms with Crippen molar-refractivity contribution in [3.8, 4) is 0 Å². The number of hydrogen-bond donors (Lipinski definition) is 0. The number of ether oxygens (including phenoxy) is 2. The molecular weight excluding hydrogens is 312 g/mol. The molecule has 1 heterocycles. The van der Waals surface area contributed by atoms with Crippen LogP contribution in [0, 0.1) is 5.41 Å². The first-order valence-electron chi connectivity index (χ1n) is 9.22. The SMILES string of the molecule is CCO[Si](OCC)(OCC)C(CC)OC(CC)C1(CC)COC1. The maximum absolute atomic E-state index is 6.58. The molecule has 2 atom stereocenters. The monoisotopic (exact) mass is 348 g/mol. The lowest BCUT2D eigenvalue weighted by Gasteiger charge is -2.48. The third kappa shape index (κ3) is 4.77. The van der Waals surface area contributed by atoms with E-state index in [2.05, 4.69) is 20.8 Å². The van der Waals surface area contributed by atoms with Crippen molar-refractivity contribution in [3.05, 3.63) is 0 Å². The molecule has 1 aliphatic heterocycles. The molecule has 0 aromatic carbocycles. The Kier molecular flexibility index (Phi) is 9.26. The first kappa shape index (κ1) is 21.1. The summed E-state index contributed by atoms with van der Waals surface area (Å²) in [6, 6.07) is 0. The summed E-state index contributed by atoms with van der Waals surface area (Å²) < 4.78 is 30.2. The van der Waals surface area contributed by atoms with Crippen LogP contribution in [-0.2, 0) is 22.8 Å². The number of rotatable bonds is 13. The largest absolute Gasteiger partial charge is 0.531 e. The van der Waals surface area contributed by atoms with Crippen molar-refractivity contribution in [2.45, 2.75) is 72.6 Å². The van der Waals surface area contributed by atoms with Crippen molar-refractivity contribution >= 4 is 8.80 Å². The second kappa shape index (κ2) is 10.1. The topological polar surface area (TPSA) is 46.2 Å². The second-order valence-corrected chi connectivity index (χ2v) is 8.76. The highest BCUT2D eigenvalue weighted by Crippen LogP contribution is 2.40. The Bertz CT molecular complexity index is 300. The van der Waals surface area contributed by atoms with E-state index in [1.54, 1.807) is 0 Å². The van der Waals surface area contributed by atoms with Crippen LogP contribution < -0.4 is 0 Å². The van der Waals surface area contributed by atoms with E-state index in [4.69, 9.17) is 22.8 Å². The fourth-order valence-electron chi connectivity index (χ4n) is 3.29. The Morgan fingerprint density at radius 3 is 1.65 bits per heavy atom. The van der Waals surface area contributed by atoms with E-state index in [0.717, 1.165) is 32.5 Å². The highest BCUT2D eigenvalue weighted by atomic mass is 28.4. The molecule has 0 radical (unpaired) electrons. The standard InChI is InChI=1S/C17H36O5Si/c1-7-15(17(9-3)13-18-14-17)22-16(8-2)23(19-10-4,20-11-5)21-12-6/h15-16H,7-14H2,1-6H3. The van der Waals surface area contributed by atoms with E-state index in [1.165, 1.54) is 0 Å². The zero-order valence-electron chi connectivity index (χ0n) is 15.9. The van der Waals surface area contributed by atoms with E-state index in [9.17, 15) is 0 Å². The smallest absolute Gasteiger partial charge is 0.380 e. The van der Waals surface area contributed by atoms with E-state index in [0.29, 0.717) is 19.8 Å². The highest BCUT2D eigenvalue weighted by Gasteiger charge is 2.53. The van der Waals surface area contributed by atoms with Crippen LogP contribution in [0.4, 0.5) is 0 Å². The average Bonchev–Trinajstić information content (AvgIpc) is 2.50. The van der Waals surface area contributed by atoms with Gasteiger partial charge in [-0.3, -0.25) is 0 Å². The molecule has 23 heavy (non-hydrogen) atoms. The summed E-state index contributed by atoms with van der Waals surface area (Å²) in [4.78, 5) is 0. The third-order valence-electron chi connectivity index (χ3n) is 4.67. The predicted octanol–water partition coefficient (Wildman–Crippen LogP) is 3.57. The molecule has 0 spiro atoms. The first-order valence-corrected chi connectivity index (χ1v) is 11.0. The Labute approximate surface area is 143 Å². The summed E-state index contributed by atoms with van der Waals surface area (Å²) in [5.41, 5.74) is 0.00350. The molecule has 0 aromatic heterocycles. The van der Waals surface area contributed by atoms with Gasteiger partial charge in [0.05, 0.1) is 19.3 Å². The molecule has 0 bridgehead atoms. The van der Waals surface area contributed by atoms with Crippen LogP contribution in [0.25, 0.3) is 0 Å². The zero-order chi connectivity index (χ0) is 17.3. The van der Waals surface area contributed by atoms with Gasteiger partial charge in [0.1, 0.15) is 5.73 Å². The molecule has 138 valence electrons. The minimum absolute atomic E-state index is 0.128. The van der Waals surface area contributed by atoms with Crippen LogP contribution >= 0.6 is 0 Å². The molecular formula is C17H36O5Si. The summed E-state index contributed by atoms with van der Waals surface area (Å²) >= 11 is 0. The van der Waals surface area contributed by atoms with Gasteiger partial charge < -0.3 is 22.8 Å². The van der Waals surface area contributed by atoms with Crippen molar-refractivity contribution in [3.63, 3.8) is 0 Å². The molecule has 0 N–H and O–H groups in total. The fourth-order valence-corrected chi connectivity index (χ4v) is 6.14. The van der Waals surface area contributed by atoms with Crippen LogP contribution in [0.15, 0.2) is 0 Å². The van der Waals surface area contributed by atoms with Crippen LogP contribution in [0.2, 0.25) is 0 Å². The van der Waals surface area contributed by atoms with E-state index >= 15 is 0 Å². The van der Waals surface area contributed by atoms with E-state index in [1.807, 2.05) is 20.8 Å². The summed E-state index contributed by atoms with van der Waals surface area (Å²) in [6.07, 6.45) is 3.00. The molecule has 1 rings (SSSR count). The quantitative estimate of drug-likeness (QED) is 0.476. The Balaban J connectivity index is 2.95. The van der Waals surface area contributed by atoms with Crippen molar-refractivity contribution in [1.29, 1.82) is 0 Å². The van der Waals surface area contributed by atoms with Gasteiger partial charge in [-0.25, -0.2) is 0 Å². The lowest BCUT2D eigenvalue weighted by Crippen LogP contribution is -2.61. The molecule has 6 heteroatoms. The molecule has 1 fully saturated rings. The van der Waals surface area contributed by atoms with E-state index < -0.39 is 8.80 Å². The molecule has 1 aliphatic rings. The van der Waals surface area contributed by atoms with Gasteiger partial charge in [0.2, 0.25) is 0 Å². The lowest BCUT2D eigenvalue weighted by atomic mass is 9.76. The molecule has 2 unspecified atom stereocenters. The number of hydrogen-bond acceptors (Lipinski definition) is 5. The van der Waals surface area contributed by atoms with Gasteiger partial charge in [-0.05, 0) is 40.0 Å². The van der Waals surface area contributed by atoms with Gasteiger partial charge >= 0.3 is 8.80 Å². The summed E-state index contributed by atoms with van der Waals surface area (Å²) in [6.45, 7) is 15.8. The Morgan fingerprint density at radius 1 is 0.870 bits per heavy atom. The normalized spacial score (nSPS) is 20.1. The van der Waals surface area contributed by atoms with Crippen LogP contribution in [-0.4, -0.2) is 53.7 Å². The summed E-state index contributed by atoms with van der Waals surface area (Å²) in [5, 5.41) is 0. The fraction of sp³-hybridized carbons (Fsp3) is 1.00. The molecule has 0 aromatic rings. The van der Waals surface area contributed by atoms with E-state index in [-0.39, 0.29) is 17.2 Å². The van der Waals surface area contributed by atoms with Crippen LogP contribution in [0.5, 0.6) is 0 Å². The van der Waals surface area contributed by atoms with Gasteiger partial charge in [0, 0.05) is 25.2 Å². The van der Waals surface area contributed by atoms with Crippen molar-refractivity contribution < 1.29 is 22.8 Å². The molecule has 1 saturated heterocycles. The first-order chi connectivity index (χ1) is 11.1. The average molecular weight is 349 g/mol. The van der Waals surface area contributed by atoms with Gasteiger partial charge in [-0.2, -0.15) is 0 Å². The van der Waals surface area contributed by atoms with Crippen LogP contribution in [0.3, 0.4) is 0 Å². The van der Waals surface area contributed by atoms with Gasteiger partial charge in [-0.1, -0.05) is 20.8 Å². The van der Waals surface area contributed by atoms with Crippen molar-refractivity contribution in [2.24, 2.45) is 5.41 Å². The Morgan fingerprint density at radius 2 is 1.39 bits per heavy atom. The van der Waals surface area contributed by atoms with Gasteiger partial charge in [0.25, 0.3) is 0 Å². The minimum Gasteiger partial charge on any atom is -0.380 e. The van der Waals surface area contributed by atoms with Crippen molar-refractivity contribution in [1.82, 2.24) is 0 Å². The summed E-state index contributed by atoms with van der Waals surface area (Å²) in [7, 11) is -2.85. The molecule has 5 nitrogen and oxygen atoms in total. The lowest BCUT2D eigenvalue weighted by molar-refractivity contribution is -0.201. The summed E-state index contributed by atoms with van der Waals surface area (Å²) in [5.74, 6) is 0. The molecule has 0 aliphatic carbocycles. The van der Waals surface area contributed by atoms with Crippen molar-refractivity contribution in [2.75, 3.05) is 33.0 Å². The second-order valence-electron chi connectivity index (χ2n) is 6.04.